The molecule has 194 valence electrons. The number of nitrogens with zero attached hydrogens (tertiary/aromatic N) is 2. The summed E-state index contributed by atoms with van der Waals surface area (Å²) in [5.41, 5.74) is 3.82. The van der Waals surface area contributed by atoms with Gasteiger partial charge in [-0.2, -0.15) is 13.2 Å². The highest BCUT2D eigenvalue weighted by atomic mass is 19.4. The van der Waals surface area contributed by atoms with E-state index in [1.165, 1.54) is 5.56 Å². The van der Waals surface area contributed by atoms with Gasteiger partial charge in [0.25, 0.3) is 5.91 Å². The number of aromatic nitrogens is 1. The molecule has 1 N–H and O–H groups in total. The Bertz CT molecular complexity index is 1070. The fourth-order valence-corrected chi connectivity index (χ4v) is 4.66. The number of alkyl halides is 3. The predicted octanol–water partition coefficient (Wildman–Crippen LogP) is 3.58. The maximum atomic E-state index is 12.9. The Balaban J connectivity index is 0.000000384. The molecule has 0 aliphatic carbocycles. The predicted molar refractivity (Wildman–Crippen MR) is 120 cm³/mol. The van der Waals surface area contributed by atoms with E-state index in [2.05, 4.69) is 4.98 Å². The first kappa shape index (κ1) is 26.1. The number of ether oxygens (including phenoxy) is 3. The highest BCUT2D eigenvalue weighted by molar-refractivity contribution is 5.95. The first-order chi connectivity index (χ1) is 17.2. The van der Waals surface area contributed by atoms with Crippen LogP contribution < -0.4 is 0 Å². The SMILES string of the molecule is O=C(O)C(F)(F)F.O=C(c1ccc2c(c1)COC2)N1CC2(C1)OCCC2CCOCc1ccccn1. The Kier molecular flexibility index (Phi) is 7.91. The topological polar surface area (TPSA) is 98.2 Å². The number of carboxylic acid groups (broad SMARTS) is 1. The van der Waals surface area contributed by atoms with E-state index in [4.69, 9.17) is 24.1 Å². The van der Waals surface area contributed by atoms with Crippen molar-refractivity contribution in [3.63, 3.8) is 0 Å². The summed E-state index contributed by atoms with van der Waals surface area (Å²) in [7, 11) is 0. The van der Waals surface area contributed by atoms with Gasteiger partial charge in [-0.25, -0.2) is 4.79 Å². The number of carboxylic acids is 1. The zero-order valence-corrected chi connectivity index (χ0v) is 19.5. The minimum Gasteiger partial charge on any atom is -0.475 e. The summed E-state index contributed by atoms with van der Waals surface area (Å²) in [5, 5.41) is 7.12. The van der Waals surface area contributed by atoms with E-state index in [0.717, 1.165) is 36.3 Å². The van der Waals surface area contributed by atoms with Crippen LogP contribution in [0.5, 0.6) is 0 Å². The van der Waals surface area contributed by atoms with Gasteiger partial charge in [0, 0.05) is 25.0 Å². The largest absolute Gasteiger partial charge is 0.490 e. The van der Waals surface area contributed by atoms with Crippen LogP contribution in [0, 0.1) is 5.92 Å². The Labute approximate surface area is 206 Å². The Morgan fingerprint density at radius 1 is 1.17 bits per heavy atom. The average molecular weight is 508 g/mol. The normalized spacial score (nSPS) is 19.9. The van der Waals surface area contributed by atoms with Crippen LogP contribution in [0.25, 0.3) is 0 Å². The van der Waals surface area contributed by atoms with Gasteiger partial charge in [-0.15, -0.1) is 0 Å². The van der Waals surface area contributed by atoms with E-state index in [1.54, 1.807) is 6.20 Å². The molecule has 2 aromatic rings. The molecule has 1 atom stereocenters. The number of halogens is 3. The minimum atomic E-state index is -5.08. The van der Waals surface area contributed by atoms with Gasteiger partial charge in [0.15, 0.2) is 0 Å². The molecule has 0 saturated carbocycles. The molecule has 2 saturated heterocycles. The second-order valence-corrected chi connectivity index (χ2v) is 9.00. The van der Waals surface area contributed by atoms with Crippen molar-refractivity contribution in [2.45, 2.75) is 44.4 Å². The standard InChI is InChI=1S/C23H26N2O4.C2HF3O2/c26-22(17-4-5-18-12-28-13-19(18)11-17)25-15-23(16-25)20(7-10-29-23)6-9-27-14-21-3-1-2-8-24-21;3-2(4,5)1(6)7/h1-5,8,11,20H,6-7,9-10,12-16H2;(H,6,7). The minimum absolute atomic E-state index is 0.0889. The second kappa shape index (κ2) is 10.9. The Morgan fingerprint density at radius 3 is 2.61 bits per heavy atom. The van der Waals surface area contributed by atoms with E-state index < -0.39 is 12.1 Å². The molecular formula is C25H27F3N2O6. The number of hydrogen-bond donors (Lipinski definition) is 1. The fourth-order valence-electron chi connectivity index (χ4n) is 4.66. The molecule has 4 heterocycles. The second-order valence-electron chi connectivity index (χ2n) is 9.00. The van der Waals surface area contributed by atoms with Crippen molar-refractivity contribution >= 4 is 11.9 Å². The average Bonchev–Trinajstić information content (AvgIpc) is 3.47. The van der Waals surface area contributed by atoms with Crippen molar-refractivity contribution < 1.29 is 42.1 Å². The molecule has 1 unspecified atom stereocenters. The molecule has 1 aromatic carbocycles. The van der Waals surface area contributed by atoms with Gasteiger partial charge in [0.05, 0.1) is 38.6 Å². The van der Waals surface area contributed by atoms with E-state index >= 15 is 0 Å². The van der Waals surface area contributed by atoms with Crippen molar-refractivity contribution in [2.75, 3.05) is 26.3 Å². The van der Waals surface area contributed by atoms with E-state index in [-0.39, 0.29) is 11.5 Å². The molecule has 5 rings (SSSR count). The van der Waals surface area contributed by atoms with Gasteiger partial charge in [-0.05, 0) is 54.2 Å². The van der Waals surface area contributed by atoms with Gasteiger partial charge in [-0.3, -0.25) is 9.78 Å². The lowest BCUT2D eigenvalue weighted by molar-refractivity contribution is -0.192. The lowest BCUT2D eigenvalue weighted by atomic mass is 9.79. The molecule has 8 nitrogen and oxygen atoms in total. The molecule has 36 heavy (non-hydrogen) atoms. The summed E-state index contributed by atoms with van der Waals surface area (Å²) >= 11 is 0. The summed E-state index contributed by atoms with van der Waals surface area (Å²) < 4.78 is 49.1. The van der Waals surface area contributed by atoms with Crippen LogP contribution in [0.4, 0.5) is 13.2 Å². The zero-order valence-electron chi connectivity index (χ0n) is 19.5. The summed E-state index contributed by atoms with van der Waals surface area (Å²) in [6.07, 6.45) is -1.32. The first-order valence-electron chi connectivity index (χ1n) is 11.6. The number of likely N-dealkylation sites (tertiary alicyclic amines) is 1. The van der Waals surface area contributed by atoms with Crippen molar-refractivity contribution in [1.29, 1.82) is 0 Å². The van der Waals surface area contributed by atoms with Crippen molar-refractivity contribution in [1.82, 2.24) is 9.88 Å². The van der Waals surface area contributed by atoms with Gasteiger partial charge >= 0.3 is 12.1 Å². The van der Waals surface area contributed by atoms with Gasteiger partial charge in [0.2, 0.25) is 0 Å². The van der Waals surface area contributed by atoms with E-state index in [0.29, 0.717) is 45.4 Å². The molecule has 2 fully saturated rings. The lowest BCUT2D eigenvalue weighted by Gasteiger charge is -2.50. The molecule has 1 amide bonds. The smallest absolute Gasteiger partial charge is 0.475 e. The third-order valence-corrected chi connectivity index (χ3v) is 6.60. The maximum Gasteiger partial charge on any atom is 0.490 e. The third kappa shape index (κ3) is 6.03. The van der Waals surface area contributed by atoms with Gasteiger partial charge in [-0.1, -0.05) is 12.1 Å². The van der Waals surface area contributed by atoms with E-state index in [1.807, 2.05) is 41.3 Å². The van der Waals surface area contributed by atoms with E-state index in [9.17, 15) is 18.0 Å². The van der Waals surface area contributed by atoms with Gasteiger partial charge < -0.3 is 24.2 Å². The first-order valence-corrected chi connectivity index (χ1v) is 11.6. The molecule has 3 aliphatic heterocycles. The monoisotopic (exact) mass is 508 g/mol. The number of aliphatic carboxylic acids is 1. The Hall–Kier alpha value is -3.02. The highest BCUT2D eigenvalue weighted by Gasteiger charge is 2.54. The number of benzene rings is 1. The van der Waals surface area contributed by atoms with Crippen LogP contribution in [-0.4, -0.2) is 64.9 Å². The summed E-state index contributed by atoms with van der Waals surface area (Å²) in [4.78, 5) is 28.0. The molecule has 0 radical (unpaired) electrons. The molecule has 1 spiro atoms. The van der Waals surface area contributed by atoms with Crippen LogP contribution >= 0.6 is 0 Å². The quantitative estimate of drug-likeness (QED) is 0.596. The number of amides is 1. The Morgan fingerprint density at radius 2 is 1.92 bits per heavy atom. The number of pyridine rings is 1. The number of fused-ring (bicyclic) bond motifs is 1. The summed E-state index contributed by atoms with van der Waals surface area (Å²) in [6, 6.07) is 11.8. The van der Waals surface area contributed by atoms with Crippen molar-refractivity contribution in [3.8, 4) is 0 Å². The molecule has 1 aromatic heterocycles. The van der Waals surface area contributed by atoms with Crippen LogP contribution in [0.15, 0.2) is 42.6 Å². The van der Waals surface area contributed by atoms with Crippen molar-refractivity contribution in [2.24, 2.45) is 5.92 Å². The number of hydrogen-bond acceptors (Lipinski definition) is 6. The van der Waals surface area contributed by atoms with Crippen molar-refractivity contribution in [3.05, 3.63) is 65.0 Å². The number of carbonyl (C=O) groups excluding carboxylic acids is 1. The van der Waals surface area contributed by atoms with Crippen LogP contribution in [0.3, 0.4) is 0 Å². The lowest BCUT2D eigenvalue weighted by Crippen LogP contribution is -2.66. The number of rotatable bonds is 6. The van der Waals surface area contributed by atoms with Crippen LogP contribution in [-0.2, 0) is 38.8 Å². The zero-order chi connectivity index (χ0) is 25.8. The summed E-state index contributed by atoms with van der Waals surface area (Å²) in [6.45, 7) is 4.58. The van der Waals surface area contributed by atoms with Crippen LogP contribution in [0.2, 0.25) is 0 Å². The molecule has 11 heteroatoms. The molecule has 0 bridgehead atoms. The van der Waals surface area contributed by atoms with Crippen LogP contribution in [0.1, 0.15) is 40.0 Å². The number of carbonyl (C=O) groups is 2. The highest BCUT2D eigenvalue weighted by Crippen LogP contribution is 2.42. The fraction of sp³-hybridized carbons (Fsp3) is 0.480. The molecule has 3 aliphatic rings. The van der Waals surface area contributed by atoms with Gasteiger partial charge in [0.1, 0.15) is 5.60 Å². The summed E-state index contributed by atoms with van der Waals surface area (Å²) in [5.74, 6) is -2.23. The molecular weight excluding hydrogens is 481 g/mol. The third-order valence-electron chi connectivity index (χ3n) is 6.60. The maximum absolute atomic E-state index is 12.9.